The first-order valence-electron chi connectivity index (χ1n) is 11.8. The van der Waals surface area contributed by atoms with E-state index in [4.69, 9.17) is 4.74 Å². The molecule has 3 aromatic heterocycles. The van der Waals surface area contributed by atoms with Crippen LogP contribution in [0.2, 0.25) is 0 Å². The fraction of sp³-hybridized carbons (Fsp3) is 0.545. The predicted molar refractivity (Wildman–Crippen MR) is 124 cm³/mol. The number of aromatic nitrogens is 6. The number of halogens is 6. The fourth-order valence-electron chi connectivity index (χ4n) is 4.31. The lowest BCUT2D eigenvalue weighted by Gasteiger charge is -2.36. The first kappa shape index (κ1) is 28.3. The quantitative estimate of drug-likeness (QED) is 0.437. The van der Waals surface area contributed by atoms with Crippen molar-refractivity contribution in [3.8, 4) is 0 Å². The Labute approximate surface area is 216 Å². The summed E-state index contributed by atoms with van der Waals surface area (Å²) < 4.78 is 84.8. The molecule has 1 aliphatic rings. The van der Waals surface area contributed by atoms with Crippen molar-refractivity contribution >= 4 is 22.8 Å². The fourth-order valence-corrected chi connectivity index (χ4v) is 4.31. The van der Waals surface area contributed by atoms with E-state index >= 15 is 0 Å². The molecule has 0 aliphatic carbocycles. The number of alkyl halides is 6. The summed E-state index contributed by atoms with van der Waals surface area (Å²) in [5, 5.41) is 8.45. The van der Waals surface area contributed by atoms with Gasteiger partial charge in [-0.05, 0) is 19.8 Å². The number of amides is 1. The minimum atomic E-state index is -4.86. The number of rotatable bonds is 7. The molecule has 1 amide bonds. The Kier molecular flexibility index (Phi) is 7.81. The van der Waals surface area contributed by atoms with E-state index in [2.05, 4.69) is 20.2 Å². The minimum absolute atomic E-state index is 0.116. The van der Waals surface area contributed by atoms with Gasteiger partial charge in [0, 0.05) is 38.6 Å². The molecule has 0 saturated carbocycles. The highest BCUT2D eigenvalue weighted by atomic mass is 19.4. The van der Waals surface area contributed by atoms with Gasteiger partial charge < -0.3 is 14.5 Å². The molecule has 4 rings (SSSR count). The number of nitrogens with one attached hydrogen (secondary N) is 1. The SMILES string of the molecule is CC(COCC(=O)N(C)C1CCN(c2ncc(C(F)(F)F)cn2)CC1)n1nc(C(F)(F)F)c2c(=O)[nH]ncc21. The molecule has 1 fully saturated rings. The van der Waals surface area contributed by atoms with Gasteiger partial charge >= 0.3 is 12.4 Å². The summed E-state index contributed by atoms with van der Waals surface area (Å²) >= 11 is 0. The third-order valence-electron chi connectivity index (χ3n) is 6.45. The Morgan fingerprint density at radius 3 is 2.36 bits per heavy atom. The number of aromatic amines is 1. The van der Waals surface area contributed by atoms with E-state index in [1.54, 1.807) is 11.9 Å². The lowest BCUT2D eigenvalue weighted by molar-refractivity contribution is -0.140. The Hall–Kier alpha value is -3.76. The summed E-state index contributed by atoms with van der Waals surface area (Å²) in [6, 6.07) is -0.913. The van der Waals surface area contributed by atoms with Gasteiger partial charge in [-0.3, -0.25) is 14.3 Å². The number of carbonyl (C=O) groups excluding carboxylic acids is 1. The van der Waals surface area contributed by atoms with Gasteiger partial charge in [-0.1, -0.05) is 0 Å². The summed E-state index contributed by atoms with van der Waals surface area (Å²) in [4.78, 5) is 35.5. The topological polar surface area (TPSA) is 122 Å². The van der Waals surface area contributed by atoms with Crippen molar-refractivity contribution in [2.24, 2.45) is 0 Å². The van der Waals surface area contributed by atoms with Gasteiger partial charge in [0.15, 0.2) is 5.69 Å². The summed E-state index contributed by atoms with van der Waals surface area (Å²) in [5.41, 5.74) is -3.41. The van der Waals surface area contributed by atoms with E-state index in [0.717, 1.165) is 23.3 Å². The van der Waals surface area contributed by atoms with E-state index in [0.29, 0.717) is 25.9 Å². The van der Waals surface area contributed by atoms with E-state index in [9.17, 15) is 35.9 Å². The smallest absolute Gasteiger partial charge is 0.369 e. The third kappa shape index (κ3) is 6.12. The molecule has 3 aromatic rings. The number of hydrogen-bond donors (Lipinski definition) is 1. The van der Waals surface area contributed by atoms with E-state index in [1.165, 1.54) is 11.8 Å². The molecule has 212 valence electrons. The van der Waals surface area contributed by atoms with Crippen molar-refractivity contribution in [3.05, 3.63) is 40.2 Å². The monoisotopic (exact) mass is 562 g/mol. The van der Waals surface area contributed by atoms with Gasteiger partial charge in [0.2, 0.25) is 11.9 Å². The highest BCUT2D eigenvalue weighted by Crippen LogP contribution is 2.33. The molecule has 0 aromatic carbocycles. The predicted octanol–water partition coefficient (Wildman–Crippen LogP) is 2.65. The number of hydrogen-bond acceptors (Lipinski definition) is 8. The molecule has 1 unspecified atom stereocenters. The molecule has 1 saturated heterocycles. The Bertz CT molecular complexity index is 1360. The zero-order valence-corrected chi connectivity index (χ0v) is 20.8. The lowest BCUT2D eigenvalue weighted by Crippen LogP contribution is -2.47. The first-order chi connectivity index (χ1) is 18.3. The van der Waals surface area contributed by atoms with Gasteiger partial charge in [-0.15, -0.1) is 0 Å². The number of ether oxygens (including phenoxy) is 1. The zero-order chi connectivity index (χ0) is 28.5. The van der Waals surface area contributed by atoms with Gasteiger partial charge in [0.25, 0.3) is 5.56 Å². The standard InChI is InChI=1S/C22H24F6N8O3/c1-12(36-15-9-31-32-19(38)17(15)18(33-36)22(26,27)28)10-39-11-16(37)34(2)14-3-5-35(6-4-14)20-29-7-13(8-30-20)21(23,24)25/h7-9,12,14H,3-6,10-11H2,1-2H3,(H,32,38). The molecule has 1 N–H and O–H groups in total. The van der Waals surface area contributed by atoms with Crippen molar-refractivity contribution in [3.63, 3.8) is 0 Å². The van der Waals surface area contributed by atoms with Crippen LogP contribution in [-0.4, -0.2) is 80.1 Å². The van der Waals surface area contributed by atoms with E-state index < -0.39 is 40.6 Å². The average Bonchev–Trinajstić information content (AvgIpc) is 3.30. The van der Waals surface area contributed by atoms with E-state index in [-0.39, 0.29) is 36.6 Å². The van der Waals surface area contributed by atoms with Crippen LogP contribution in [0.3, 0.4) is 0 Å². The first-order valence-corrected chi connectivity index (χ1v) is 11.8. The van der Waals surface area contributed by atoms with Crippen LogP contribution in [0.1, 0.15) is 37.1 Å². The molecule has 0 spiro atoms. The van der Waals surface area contributed by atoms with Crippen molar-refractivity contribution < 1.29 is 35.9 Å². The second kappa shape index (κ2) is 10.8. The molecule has 0 bridgehead atoms. The number of fused-ring (bicyclic) bond motifs is 1. The maximum Gasteiger partial charge on any atom is 0.435 e. The zero-order valence-electron chi connectivity index (χ0n) is 20.8. The van der Waals surface area contributed by atoms with Crippen LogP contribution >= 0.6 is 0 Å². The number of carbonyl (C=O) groups is 1. The Morgan fingerprint density at radius 2 is 1.77 bits per heavy atom. The summed E-state index contributed by atoms with van der Waals surface area (Å²) in [5.74, 6) is -0.185. The van der Waals surface area contributed by atoms with Crippen LogP contribution < -0.4 is 10.5 Å². The summed E-state index contributed by atoms with van der Waals surface area (Å²) in [7, 11) is 1.60. The average molecular weight is 562 g/mol. The summed E-state index contributed by atoms with van der Waals surface area (Å²) in [6.45, 7) is 1.87. The van der Waals surface area contributed by atoms with Gasteiger partial charge in [0.05, 0.1) is 29.9 Å². The van der Waals surface area contributed by atoms with Crippen molar-refractivity contribution in [2.75, 3.05) is 38.3 Å². The molecule has 4 heterocycles. The normalized spacial score (nSPS) is 16.1. The molecular weight excluding hydrogens is 538 g/mol. The minimum Gasteiger partial charge on any atom is -0.369 e. The van der Waals surface area contributed by atoms with Crippen LogP contribution in [0.5, 0.6) is 0 Å². The van der Waals surface area contributed by atoms with Crippen LogP contribution in [-0.2, 0) is 21.9 Å². The number of piperidine rings is 1. The summed E-state index contributed by atoms with van der Waals surface area (Å²) in [6.07, 6.45) is -5.82. The largest absolute Gasteiger partial charge is 0.435 e. The van der Waals surface area contributed by atoms with Crippen molar-refractivity contribution in [2.45, 2.75) is 44.2 Å². The highest BCUT2D eigenvalue weighted by Gasteiger charge is 2.39. The number of anilines is 1. The molecule has 17 heteroatoms. The maximum atomic E-state index is 13.4. The van der Waals surface area contributed by atoms with E-state index in [1.807, 2.05) is 5.10 Å². The van der Waals surface area contributed by atoms with Crippen LogP contribution in [0, 0.1) is 0 Å². The molecule has 11 nitrogen and oxygen atoms in total. The number of likely N-dealkylation sites (N-methyl/N-ethyl adjacent to an activating group) is 1. The Balaban J connectivity index is 1.30. The van der Waals surface area contributed by atoms with Gasteiger partial charge in [-0.2, -0.15) is 36.5 Å². The molecule has 0 radical (unpaired) electrons. The van der Waals surface area contributed by atoms with Crippen LogP contribution in [0.25, 0.3) is 10.9 Å². The highest BCUT2D eigenvalue weighted by molar-refractivity contribution is 5.80. The van der Waals surface area contributed by atoms with Crippen molar-refractivity contribution in [1.82, 2.24) is 34.8 Å². The van der Waals surface area contributed by atoms with Gasteiger partial charge in [-0.25, -0.2) is 15.1 Å². The second-order valence-corrected chi connectivity index (χ2v) is 9.11. The Morgan fingerprint density at radius 1 is 1.13 bits per heavy atom. The third-order valence-corrected chi connectivity index (χ3v) is 6.45. The van der Waals surface area contributed by atoms with Crippen LogP contribution in [0.4, 0.5) is 32.3 Å². The van der Waals surface area contributed by atoms with Crippen LogP contribution in [0.15, 0.2) is 23.4 Å². The molecule has 39 heavy (non-hydrogen) atoms. The molecular formula is C22H24F6N8O3. The van der Waals surface area contributed by atoms with Gasteiger partial charge in [0.1, 0.15) is 12.0 Å². The van der Waals surface area contributed by atoms with Crippen molar-refractivity contribution in [1.29, 1.82) is 0 Å². The molecule has 1 aliphatic heterocycles. The molecule has 1 atom stereocenters. The number of H-pyrrole nitrogens is 1. The lowest BCUT2D eigenvalue weighted by atomic mass is 10.0. The maximum absolute atomic E-state index is 13.4. The second-order valence-electron chi connectivity index (χ2n) is 9.11. The number of nitrogens with zero attached hydrogens (tertiary/aromatic N) is 7.